The third kappa shape index (κ3) is 3.03. The van der Waals surface area contributed by atoms with Crippen LogP contribution in [0.4, 0.5) is 5.82 Å². The Kier molecular flexibility index (Phi) is 3.44. The average molecular weight is 278 g/mol. The van der Waals surface area contributed by atoms with Gasteiger partial charge in [0.2, 0.25) is 0 Å². The first kappa shape index (κ1) is 13.4. The van der Waals surface area contributed by atoms with Gasteiger partial charge in [-0.1, -0.05) is 12.1 Å². The molecule has 0 saturated heterocycles. The summed E-state index contributed by atoms with van der Waals surface area (Å²) < 4.78 is 26.6. The fourth-order valence-corrected chi connectivity index (χ4v) is 2.86. The number of hydrogen-bond donors (Lipinski definition) is 2. The van der Waals surface area contributed by atoms with Crippen LogP contribution < -0.4 is 4.72 Å². The lowest BCUT2D eigenvalue weighted by molar-refractivity contribution is 0.459. The van der Waals surface area contributed by atoms with Gasteiger partial charge in [0.1, 0.15) is 16.5 Å². The second-order valence-electron chi connectivity index (χ2n) is 4.24. The van der Waals surface area contributed by atoms with E-state index in [1.165, 1.54) is 12.1 Å². The van der Waals surface area contributed by atoms with E-state index in [2.05, 4.69) is 9.71 Å². The average Bonchev–Trinajstić information content (AvgIpc) is 2.26. The summed E-state index contributed by atoms with van der Waals surface area (Å²) in [6.45, 7) is 3.64. The highest BCUT2D eigenvalue weighted by Gasteiger charge is 2.18. The molecule has 5 nitrogen and oxygen atoms in total. The maximum absolute atomic E-state index is 12.1. The number of nitrogens with one attached hydrogen (secondary N) is 1. The van der Waals surface area contributed by atoms with E-state index in [4.69, 9.17) is 0 Å². The van der Waals surface area contributed by atoms with Gasteiger partial charge in [-0.25, -0.2) is 13.4 Å². The maximum Gasteiger partial charge on any atom is 0.266 e. The number of rotatable bonds is 3. The predicted octanol–water partition coefficient (Wildman–Crippen LogP) is 2.20. The van der Waals surface area contributed by atoms with E-state index >= 15 is 0 Å². The number of phenolic OH excluding ortho intramolecular Hbond substituents is 1. The Morgan fingerprint density at radius 2 is 1.84 bits per heavy atom. The second kappa shape index (κ2) is 4.89. The minimum atomic E-state index is -3.84. The molecule has 19 heavy (non-hydrogen) atoms. The second-order valence-corrected chi connectivity index (χ2v) is 5.90. The third-order valence-corrected chi connectivity index (χ3v) is 3.89. The number of hydrogen-bond acceptors (Lipinski definition) is 4. The topological polar surface area (TPSA) is 79.3 Å². The van der Waals surface area contributed by atoms with Crippen molar-refractivity contribution in [3.63, 3.8) is 0 Å². The van der Waals surface area contributed by atoms with Gasteiger partial charge in [0.15, 0.2) is 0 Å². The molecule has 0 fully saturated rings. The molecule has 0 unspecified atom stereocenters. The zero-order valence-corrected chi connectivity index (χ0v) is 11.4. The van der Waals surface area contributed by atoms with Crippen molar-refractivity contribution in [3.05, 3.63) is 47.7 Å². The normalized spacial score (nSPS) is 11.3. The van der Waals surface area contributed by atoms with Gasteiger partial charge in [-0.3, -0.25) is 4.72 Å². The van der Waals surface area contributed by atoms with Gasteiger partial charge in [0, 0.05) is 5.69 Å². The summed E-state index contributed by atoms with van der Waals surface area (Å²) in [5.41, 5.74) is 1.62. The van der Waals surface area contributed by atoms with E-state index in [0.717, 1.165) is 11.3 Å². The minimum Gasteiger partial charge on any atom is -0.507 e. The first-order valence-electron chi connectivity index (χ1n) is 5.64. The number of benzene rings is 1. The molecule has 0 aliphatic rings. The Morgan fingerprint density at radius 3 is 2.47 bits per heavy atom. The number of anilines is 1. The van der Waals surface area contributed by atoms with Crippen molar-refractivity contribution < 1.29 is 13.5 Å². The van der Waals surface area contributed by atoms with Gasteiger partial charge in [-0.2, -0.15) is 0 Å². The lowest BCUT2D eigenvalue weighted by Crippen LogP contribution is -2.14. The molecule has 0 aliphatic heterocycles. The van der Waals surface area contributed by atoms with Crippen molar-refractivity contribution in [3.8, 4) is 5.75 Å². The van der Waals surface area contributed by atoms with Gasteiger partial charge < -0.3 is 5.11 Å². The van der Waals surface area contributed by atoms with Crippen molar-refractivity contribution in [2.75, 3.05) is 4.72 Å². The van der Waals surface area contributed by atoms with Crippen LogP contribution >= 0.6 is 0 Å². The Bertz CT molecular complexity index is 691. The molecule has 100 valence electrons. The van der Waals surface area contributed by atoms with Crippen molar-refractivity contribution in [2.45, 2.75) is 18.7 Å². The molecule has 0 radical (unpaired) electrons. The van der Waals surface area contributed by atoms with Crippen LogP contribution in [0.15, 0.2) is 41.3 Å². The number of aryl methyl sites for hydroxylation is 2. The van der Waals surface area contributed by atoms with Crippen LogP contribution in [-0.4, -0.2) is 18.5 Å². The molecular formula is C13H14N2O3S. The van der Waals surface area contributed by atoms with Crippen molar-refractivity contribution >= 4 is 15.8 Å². The first-order valence-corrected chi connectivity index (χ1v) is 7.13. The lowest BCUT2D eigenvalue weighted by Gasteiger charge is -2.09. The molecule has 1 heterocycles. The molecule has 2 N–H and O–H groups in total. The number of pyridine rings is 1. The molecule has 0 atom stereocenters. The molecule has 2 aromatic rings. The Balaban J connectivity index is 2.39. The van der Waals surface area contributed by atoms with E-state index < -0.39 is 10.0 Å². The van der Waals surface area contributed by atoms with Crippen molar-refractivity contribution in [1.82, 2.24) is 4.98 Å². The molecule has 0 spiro atoms. The highest BCUT2D eigenvalue weighted by atomic mass is 32.2. The van der Waals surface area contributed by atoms with E-state index in [0.29, 0.717) is 0 Å². The summed E-state index contributed by atoms with van der Waals surface area (Å²) in [6.07, 6.45) is 0. The highest BCUT2D eigenvalue weighted by molar-refractivity contribution is 7.92. The van der Waals surface area contributed by atoms with Crippen LogP contribution in [-0.2, 0) is 10.0 Å². The monoisotopic (exact) mass is 278 g/mol. The van der Waals surface area contributed by atoms with Gasteiger partial charge in [-0.05, 0) is 43.7 Å². The molecular weight excluding hydrogens is 264 g/mol. The summed E-state index contributed by atoms with van der Waals surface area (Å²) in [5, 5.41) is 9.59. The summed E-state index contributed by atoms with van der Waals surface area (Å²) in [5.74, 6) is -0.0554. The number of aromatic nitrogens is 1. The number of para-hydroxylation sites is 1. The minimum absolute atomic E-state index is 0.170. The standard InChI is InChI=1S/C13H14N2O3S/c1-9-7-10(2)14-13(8-9)15-19(17,18)12-6-4-3-5-11(12)16/h3-8,16H,1-2H3,(H,14,15). The Labute approximate surface area is 112 Å². The van der Waals surface area contributed by atoms with Gasteiger partial charge >= 0.3 is 0 Å². The van der Waals surface area contributed by atoms with E-state index in [9.17, 15) is 13.5 Å². The summed E-state index contributed by atoms with van der Waals surface area (Å²) in [7, 11) is -3.84. The molecule has 6 heteroatoms. The molecule has 2 rings (SSSR count). The summed E-state index contributed by atoms with van der Waals surface area (Å²) in [6, 6.07) is 9.23. The molecule has 1 aromatic carbocycles. The SMILES string of the molecule is Cc1cc(C)nc(NS(=O)(=O)c2ccccc2O)c1. The summed E-state index contributed by atoms with van der Waals surface area (Å²) in [4.78, 5) is 3.93. The third-order valence-electron chi connectivity index (χ3n) is 2.49. The number of sulfonamides is 1. The Morgan fingerprint density at radius 1 is 1.16 bits per heavy atom. The van der Waals surface area contributed by atoms with Gasteiger partial charge in [0.05, 0.1) is 0 Å². The summed E-state index contributed by atoms with van der Waals surface area (Å²) >= 11 is 0. The molecule has 1 aromatic heterocycles. The molecule has 0 amide bonds. The van der Waals surface area contributed by atoms with Crippen LogP contribution in [0.2, 0.25) is 0 Å². The van der Waals surface area contributed by atoms with E-state index in [1.807, 2.05) is 13.0 Å². The van der Waals surface area contributed by atoms with Gasteiger partial charge in [-0.15, -0.1) is 0 Å². The van der Waals surface area contributed by atoms with Crippen LogP contribution in [0, 0.1) is 13.8 Å². The molecule has 0 bridgehead atoms. The van der Waals surface area contributed by atoms with Gasteiger partial charge in [0.25, 0.3) is 10.0 Å². The zero-order chi connectivity index (χ0) is 14.0. The smallest absolute Gasteiger partial charge is 0.266 e. The Hall–Kier alpha value is -2.08. The fourth-order valence-electron chi connectivity index (χ4n) is 1.77. The van der Waals surface area contributed by atoms with Crippen molar-refractivity contribution in [1.29, 1.82) is 0 Å². The number of aromatic hydroxyl groups is 1. The quantitative estimate of drug-likeness (QED) is 0.902. The number of phenols is 1. The largest absolute Gasteiger partial charge is 0.507 e. The predicted molar refractivity (Wildman–Crippen MR) is 72.6 cm³/mol. The molecule has 0 saturated carbocycles. The van der Waals surface area contributed by atoms with Crippen LogP contribution in [0.3, 0.4) is 0 Å². The number of nitrogens with zero attached hydrogens (tertiary/aromatic N) is 1. The van der Waals surface area contributed by atoms with Crippen LogP contribution in [0.5, 0.6) is 5.75 Å². The fraction of sp³-hybridized carbons (Fsp3) is 0.154. The first-order chi connectivity index (χ1) is 8.88. The molecule has 0 aliphatic carbocycles. The van der Waals surface area contributed by atoms with E-state index in [1.54, 1.807) is 25.1 Å². The van der Waals surface area contributed by atoms with Crippen LogP contribution in [0.1, 0.15) is 11.3 Å². The highest BCUT2D eigenvalue weighted by Crippen LogP contribution is 2.23. The zero-order valence-electron chi connectivity index (χ0n) is 10.6. The van der Waals surface area contributed by atoms with E-state index in [-0.39, 0.29) is 16.5 Å². The maximum atomic E-state index is 12.1. The van der Waals surface area contributed by atoms with Crippen LogP contribution in [0.25, 0.3) is 0 Å². The van der Waals surface area contributed by atoms with Crippen molar-refractivity contribution in [2.24, 2.45) is 0 Å². The lowest BCUT2D eigenvalue weighted by atomic mass is 10.2.